The summed E-state index contributed by atoms with van der Waals surface area (Å²) in [6, 6.07) is -0.0806. The fourth-order valence-electron chi connectivity index (χ4n) is 2.33. The van der Waals surface area contributed by atoms with Crippen molar-refractivity contribution in [3.63, 3.8) is 0 Å². The number of likely N-dealkylation sites (tertiary alicyclic amines) is 1. The molecule has 0 bridgehead atoms. The van der Waals surface area contributed by atoms with Gasteiger partial charge in [-0.05, 0) is 52.5 Å². The molecule has 1 rings (SSSR count). The Morgan fingerprint density at radius 1 is 1.30 bits per heavy atom. The average molecular weight is 285 g/mol. The Morgan fingerprint density at radius 2 is 2.00 bits per heavy atom. The number of carbonyl (C=O) groups excluding carboxylic acids is 1. The Labute approximate surface area is 123 Å². The van der Waals surface area contributed by atoms with Gasteiger partial charge in [0, 0.05) is 13.2 Å². The zero-order chi connectivity index (χ0) is 15.2. The molecule has 0 spiro atoms. The van der Waals surface area contributed by atoms with Crippen molar-refractivity contribution in [1.29, 1.82) is 0 Å². The molecule has 1 heterocycles. The molecule has 0 aromatic carbocycles. The minimum absolute atomic E-state index is 0.0806. The average Bonchev–Trinajstić information content (AvgIpc) is 2.74. The molecule has 1 aliphatic heterocycles. The van der Waals surface area contributed by atoms with Crippen LogP contribution in [0.3, 0.4) is 0 Å². The predicted molar refractivity (Wildman–Crippen MR) is 80.7 cm³/mol. The minimum Gasteiger partial charge on any atom is -0.459 e. The lowest BCUT2D eigenvalue weighted by atomic mass is 10.1. The van der Waals surface area contributed by atoms with Gasteiger partial charge in [0.15, 0.2) is 0 Å². The summed E-state index contributed by atoms with van der Waals surface area (Å²) < 4.78 is 11.1. The first-order valence-corrected chi connectivity index (χ1v) is 7.84. The van der Waals surface area contributed by atoms with Crippen LogP contribution in [0.5, 0.6) is 0 Å². The highest BCUT2D eigenvalue weighted by Gasteiger charge is 2.33. The van der Waals surface area contributed by atoms with Crippen LogP contribution in [0.15, 0.2) is 0 Å². The quantitative estimate of drug-likeness (QED) is 0.532. The summed E-state index contributed by atoms with van der Waals surface area (Å²) >= 11 is 0. The van der Waals surface area contributed by atoms with E-state index < -0.39 is 5.60 Å². The van der Waals surface area contributed by atoms with Crippen LogP contribution in [0.25, 0.3) is 0 Å². The zero-order valence-electron chi connectivity index (χ0n) is 13.8. The van der Waals surface area contributed by atoms with Gasteiger partial charge in [-0.25, -0.2) is 0 Å². The fourth-order valence-corrected chi connectivity index (χ4v) is 2.33. The van der Waals surface area contributed by atoms with Gasteiger partial charge in [-0.3, -0.25) is 9.69 Å². The topological polar surface area (TPSA) is 38.8 Å². The summed E-state index contributed by atoms with van der Waals surface area (Å²) in [4.78, 5) is 14.3. The molecule has 0 saturated carbocycles. The Balaban J connectivity index is 2.28. The fraction of sp³-hybridized carbons (Fsp3) is 0.938. The van der Waals surface area contributed by atoms with E-state index in [4.69, 9.17) is 9.47 Å². The number of carbonyl (C=O) groups is 1. The zero-order valence-corrected chi connectivity index (χ0v) is 13.8. The van der Waals surface area contributed by atoms with Crippen molar-refractivity contribution in [3.8, 4) is 0 Å². The lowest BCUT2D eigenvalue weighted by molar-refractivity contribution is -0.160. The standard InChI is InChI=1S/C16H31NO3/c1-13(2)8-11-19-12-10-17-9-6-7-14(17)15(18)20-16(3,4)5/h13-14H,6-12H2,1-5H3/t14-/m0/s1. The molecule has 0 N–H and O–H groups in total. The largest absolute Gasteiger partial charge is 0.459 e. The van der Waals surface area contributed by atoms with Gasteiger partial charge in [-0.2, -0.15) is 0 Å². The summed E-state index contributed by atoms with van der Waals surface area (Å²) in [5, 5.41) is 0. The Kier molecular flexibility index (Phi) is 6.96. The Bertz CT molecular complexity index is 297. The first-order valence-electron chi connectivity index (χ1n) is 7.84. The van der Waals surface area contributed by atoms with Crippen molar-refractivity contribution in [1.82, 2.24) is 4.90 Å². The molecule has 0 aromatic rings. The summed E-state index contributed by atoms with van der Waals surface area (Å²) in [6.07, 6.45) is 3.06. The van der Waals surface area contributed by atoms with Gasteiger partial charge in [0.1, 0.15) is 11.6 Å². The molecule has 118 valence electrons. The molecule has 0 radical (unpaired) electrons. The van der Waals surface area contributed by atoms with Gasteiger partial charge in [-0.15, -0.1) is 0 Å². The maximum atomic E-state index is 12.1. The molecule has 1 aliphatic rings. The van der Waals surface area contributed by atoms with Crippen molar-refractivity contribution in [2.24, 2.45) is 5.92 Å². The van der Waals surface area contributed by atoms with Crippen LogP contribution < -0.4 is 0 Å². The third-order valence-electron chi connectivity index (χ3n) is 3.40. The van der Waals surface area contributed by atoms with Crippen LogP contribution in [0.1, 0.15) is 53.9 Å². The minimum atomic E-state index is -0.404. The first kappa shape index (κ1) is 17.4. The molecular weight excluding hydrogens is 254 g/mol. The van der Waals surface area contributed by atoms with Crippen LogP contribution >= 0.6 is 0 Å². The maximum absolute atomic E-state index is 12.1. The summed E-state index contributed by atoms with van der Waals surface area (Å²) in [7, 11) is 0. The van der Waals surface area contributed by atoms with Crippen LogP contribution in [-0.4, -0.2) is 48.8 Å². The summed E-state index contributed by atoms with van der Waals surface area (Å²) in [5.74, 6) is 0.591. The van der Waals surface area contributed by atoms with E-state index in [9.17, 15) is 4.79 Å². The van der Waals surface area contributed by atoms with Crippen LogP contribution in [0.2, 0.25) is 0 Å². The number of ether oxygens (including phenoxy) is 2. The maximum Gasteiger partial charge on any atom is 0.323 e. The number of esters is 1. The first-order chi connectivity index (χ1) is 9.29. The van der Waals surface area contributed by atoms with Crippen molar-refractivity contribution in [2.45, 2.75) is 65.5 Å². The molecule has 0 amide bonds. The number of rotatable bonds is 7. The lowest BCUT2D eigenvalue weighted by Gasteiger charge is -2.27. The lowest BCUT2D eigenvalue weighted by Crippen LogP contribution is -2.41. The van der Waals surface area contributed by atoms with Gasteiger partial charge in [0.05, 0.1) is 6.61 Å². The second kappa shape index (κ2) is 7.99. The second-order valence-corrected chi connectivity index (χ2v) is 7.02. The van der Waals surface area contributed by atoms with E-state index in [0.29, 0.717) is 12.5 Å². The van der Waals surface area contributed by atoms with E-state index in [1.165, 1.54) is 0 Å². The van der Waals surface area contributed by atoms with Crippen LogP contribution in [-0.2, 0) is 14.3 Å². The number of nitrogens with zero attached hydrogens (tertiary/aromatic N) is 1. The van der Waals surface area contributed by atoms with E-state index in [0.717, 1.165) is 39.0 Å². The molecule has 4 heteroatoms. The highest BCUT2D eigenvalue weighted by atomic mass is 16.6. The SMILES string of the molecule is CC(C)CCOCCN1CCC[C@H]1C(=O)OC(C)(C)C. The molecule has 1 atom stereocenters. The van der Waals surface area contributed by atoms with Crippen molar-refractivity contribution in [3.05, 3.63) is 0 Å². The van der Waals surface area contributed by atoms with E-state index in [-0.39, 0.29) is 12.0 Å². The predicted octanol–water partition coefficient (Wildman–Crippen LogP) is 2.86. The normalized spacial score (nSPS) is 20.6. The van der Waals surface area contributed by atoms with E-state index in [2.05, 4.69) is 18.7 Å². The van der Waals surface area contributed by atoms with Crippen LogP contribution in [0.4, 0.5) is 0 Å². The van der Waals surface area contributed by atoms with E-state index in [1.807, 2.05) is 20.8 Å². The Hall–Kier alpha value is -0.610. The Morgan fingerprint density at radius 3 is 2.60 bits per heavy atom. The van der Waals surface area contributed by atoms with Crippen LogP contribution in [0, 0.1) is 5.92 Å². The second-order valence-electron chi connectivity index (χ2n) is 7.02. The smallest absolute Gasteiger partial charge is 0.323 e. The molecule has 0 aliphatic carbocycles. The van der Waals surface area contributed by atoms with Crippen molar-refractivity contribution in [2.75, 3.05) is 26.3 Å². The van der Waals surface area contributed by atoms with Gasteiger partial charge in [0.25, 0.3) is 0 Å². The third-order valence-corrected chi connectivity index (χ3v) is 3.40. The molecule has 1 saturated heterocycles. The van der Waals surface area contributed by atoms with E-state index >= 15 is 0 Å². The molecule has 4 nitrogen and oxygen atoms in total. The molecular formula is C16H31NO3. The molecule has 1 fully saturated rings. The number of hydrogen-bond donors (Lipinski definition) is 0. The monoisotopic (exact) mass is 285 g/mol. The molecule has 20 heavy (non-hydrogen) atoms. The van der Waals surface area contributed by atoms with Gasteiger partial charge in [0.2, 0.25) is 0 Å². The third kappa shape index (κ3) is 6.71. The van der Waals surface area contributed by atoms with Gasteiger partial charge >= 0.3 is 5.97 Å². The van der Waals surface area contributed by atoms with Gasteiger partial charge < -0.3 is 9.47 Å². The van der Waals surface area contributed by atoms with E-state index in [1.54, 1.807) is 0 Å². The number of hydrogen-bond acceptors (Lipinski definition) is 4. The summed E-state index contributed by atoms with van der Waals surface area (Å²) in [6.45, 7) is 13.4. The molecule has 0 unspecified atom stereocenters. The summed E-state index contributed by atoms with van der Waals surface area (Å²) in [5.41, 5.74) is -0.404. The highest BCUT2D eigenvalue weighted by Crippen LogP contribution is 2.20. The van der Waals surface area contributed by atoms with Crippen molar-refractivity contribution >= 4 is 5.97 Å². The van der Waals surface area contributed by atoms with Crippen molar-refractivity contribution < 1.29 is 14.3 Å². The van der Waals surface area contributed by atoms with Gasteiger partial charge in [-0.1, -0.05) is 13.8 Å². The highest BCUT2D eigenvalue weighted by molar-refractivity contribution is 5.76. The molecule has 0 aromatic heterocycles.